The molecule has 0 amide bonds. The highest BCUT2D eigenvalue weighted by atomic mass is 16.3. The molecule has 2 aliphatic heterocycles. The number of aliphatic hydroxyl groups is 1. The van der Waals surface area contributed by atoms with Crippen LogP contribution in [0.1, 0.15) is 32.6 Å². The van der Waals surface area contributed by atoms with E-state index in [1.807, 2.05) is 0 Å². The van der Waals surface area contributed by atoms with Crippen LogP contribution < -0.4 is 0 Å². The molecule has 2 aliphatic rings. The van der Waals surface area contributed by atoms with Crippen LogP contribution in [0.4, 0.5) is 0 Å². The molecular weight excluding hydrogens is 238 g/mol. The maximum Gasteiger partial charge on any atom is 0.0664 e. The molecule has 0 aromatic rings. The second kappa shape index (κ2) is 7.58. The summed E-state index contributed by atoms with van der Waals surface area (Å²) in [6.45, 7) is 9.99. The van der Waals surface area contributed by atoms with Crippen LogP contribution in [-0.2, 0) is 0 Å². The fourth-order valence-electron chi connectivity index (χ4n) is 3.25. The summed E-state index contributed by atoms with van der Waals surface area (Å²) in [7, 11) is 2.28. The number of rotatable bonds is 5. The lowest BCUT2D eigenvalue weighted by atomic mass is 10.0. The zero-order valence-corrected chi connectivity index (χ0v) is 12.7. The van der Waals surface area contributed by atoms with Crippen molar-refractivity contribution in [3.8, 4) is 0 Å². The minimum absolute atomic E-state index is 0.143. The molecule has 2 atom stereocenters. The van der Waals surface area contributed by atoms with E-state index in [-0.39, 0.29) is 6.10 Å². The third-order valence-electron chi connectivity index (χ3n) is 4.80. The third-order valence-corrected chi connectivity index (χ3v) is 4.80. The van der Waals surface area contributed by atoms with Crippen molar-refractivity contribution in [2.75, 3.05) is 52.9 Å². The van der Waals surface area contributed by atoms with E-state index in [4.69, 9.17) is 0 Å². The lowest BCUT2D eigenvalue weighted by Crippen LogP contribution is -2.52. The van der Waals surface area contributed by atoms with Gasteiger partial charge in [0.25, 0.3) is 0 Å². The van der Waals surface area contributed by atoms with E-state index >= 15 is 0 Å². The van der Waals surface area contributed by atoms with Crippen LogP contribution >= 0.6 is 0 Å². The van der Waals surface area contributed by atoms with Crippen LogP contribution in [0.3, 0.4) is 0 Å². The van der Waals surface area contributed by atoms with Gasteiger partial charge in [-0.2, -0.15) is 0 Å². The minimum atomic E-state index is -0.143. The second-order valence-corrected chi connectivity index (χ2v) is 6.29. The fraction of sp³-hybridized carbons (Fsp3) is 1.00. The van der Waals surface area contributed by atoms with Crippen LogP contribution in [0.5, 0.6) is 0 Å². The van der Waals surface area contributed by atoms with E-state index in [2.05, 4.69) is 28.7 Å². The predicted octanol–water partition coefficient (Wildman–Crippen LogP) is 0.859. The van der Waals surface area contributed by atoms with Gasteiger partial charge in [0.2, 0.25) is 0 Å². The maximum absolute atomic E-state index is 9.71. The Hall–Kier alpha value is -0.160. The van der Waals surface area contributed by atoms with Gasteiger partial charge in [-0.3, -0.25) is 9.80 Å². The van der Waals surface area contributed by atoms with Crippen molar-refractivity contribution in [1.29, 1.82) is 0 Å². The van der Waals surface area contributed by atoms with Crippen LogP contribution in [0.15, 0.2) is 0 Å². The van der Waals surface area contributed by atoms with Crippen molar-refractivity contribution < 1.29 is 5.11 Å². The van der Waals surface area contributed by atoms with Gasteiger partial charge in [-0.25, -0.2) is 0 Å². The van der Waals surface area contributed by atoms with Crippen LogP contribution in [-0.4, -0.2) is 84.8 Å². The maximum atomic E-state index is 9.71. The standard InChI is InChI=1S/C15H31N3O/c1-3-15(19)13-18-10-8-17(9-11-18)12-14-6-4-5-7-16(14)2/h14-15,19H,3-13H2,1-2H3/t14-,15-/m1/s1. The molecule has 19 heavy (non-hydrogen) atoms. The number of hydrogen-bond donors (Lipinski definition) is 1. The topological polar surface area (TPSA) is 30.0 Å². The number of aliphatic hydroxyl groups excluding tert-OH is 1. The highest BCUT2D eigenvalue weighted by Gasteiger charge is 2.24. The van der Waals surface area contributed by atoms with Gasteiger partial charge in [-0.1, -0.05) is 13.3 Å². The summed E-state index contributed by atoms with van der Waals surface area (Å²) in [6, 6.07) is 0.765. The molecule has 0 unspecified atom stereocenters. The summed E-state index contributed by atoms with van der Waals surface area (Å²) in [5.74, 6) is 0. The molecule has 0 spiro atoms. The van der Waals surface area contributed by atoms with Crippen molar-refractivity contribution >= 4 is 0 Å². The molecule has 2 fully saturated rings. The first-order valence-electron chi connectivity index (χ1n) is 8.02. The Morgan fingerprint density at radius 2 is 1.74 bits per heavy atom. The second-order valence-electron chi connectivity index (χ2n) is 6.29. The highest BCUT2D eigenvalue weighted by molar-refractivity contribution is 4.81. The average molecular weight is 269 g/mol. The smallest absolute Gasteiger partial charge is 0.0664 e. The van der Waals surface area contributed by atoms with Crippen LogP contribution in [0, 0.1) is 0 Å². The summed E-state index contributed by atoms with van der Waals surface area (Å²) in [5, 5.41) is 9.71. The van der Waals surface area contributed by atoms with Gasteiger partial charge >= 0.3 is 0 Å². The molecule has 1 N–H and O–H groups in total. The van der Waals surface area contributed by atoms with Crippen LogP contribution in [0.2, 0.25) is 0 Å². The molecule has 2 rings (SSSR count). The first kappa shape index (κ1) is 15.2. The van der Waals surface area contributed by atoms with E-state index in [0.29, 0.717) is 0 Å². The summed E-state index contributed by atoms with van der Waals surface area (Å²) in [6.07, 6.45) is 4.86. The van der Waals surface area contributed by atoms with Gasteiger partial charge < -0.3 is 10.0 Å². The third kappa shape index (κ3) is 4.71. The van der Waals surface area contributed by atoms with E-state index in [0.717, 1.165) is 32.1 Å². The largest absolute Gasteiger partial charge is 0.392 e. The van der Waals surface area contributed by atoms with Gasteiger partial charge in [-0.15, -0.1) is 0 Å². The predicted molar refractivity (Wildman–Crippen MR) is 79.4 cm³/mol. The number of likely N-dealkylation sites (tertiary alicyclic amines) is 1. The van der Waals surface area contributed by atoms with Gasteiger partial charge in [0, 0.05) is 45.3 Å². The molecule has 2 saturated heterocycles. The van der Waals surface area contributed by atoms with E-state index in [9.17, 15) is 5.11 Å². The molecule has 0 bridgehead atoms. The quantitative estimate of drug-likeness (QED) is 0.802. The number of piperazine rings is 1. The SMILES string of the molecule is CC[C@@H](O)CN1CCN(C[C@H]2CCCCN2C)CC1. The molecule has 4 nitrogen and oxygen atoms in total. The van der Waals surface area contributed by atoms with Crippen molar-refractivity contribution in [2.45, 2.75) is 44.8 Å². The number of hydrogen-bond acceptors (Lipinski definition) is 4. The Labute approximate surface area is 118 Å². The average Bonchev–Trinajstić information content (AvgIpc) is 2.43. The Morgan fingerprint density at radius 1 is 1.05 bits per heavy atom. The Kier molecular flexibility index (Phi) is 6.07. The Balaban J connectivity index is 1.68. The summed E-state index contributed by atoms with van der Waals surface area (Å²) in [5.41, 5.74) is 0. The van der Waals surface area contributed by atoms with Crippen LogP contribution in [0.25, 0.3) is 0 Å². The molecule has 0 aromatic heterocycles. The number of nitrogens with zero attached hydrogens (tertiary/aromatic N) is 3. The number of likely N-dealkylation sites (N-methyl/N-ethyl adjacent to an activating group) is 1. The normalized spacial score (nSPS) is 29.5. The van der Waals surface area contributed by atoms with Crippen molar-refractivity contribution in [2.24, 2.45) is 0 Å². The molecular formula is C15H31N3O. The summed E-state index contributed by atoms with van der Waals surface area (Å²) >= 11 is 0. The zero-order valence-electron chi connectivity index (χ0n) is 12.7. The molecule has 112 valence electrons. The van der Waals surface area contributed by atoms with E-state index in [1.54, 1.807) is 0 Å². The van der Waals surface area contributed by atoms with Gasteiger partial charge in [0.05, 0.1) is 6.10 Å². The lowest BCUT2D eigenvalue weighted by Gasteiger charge is -2.40. The Morgan fingerprint density at radius 3 is 2.37 bits per heavy atom. The van der Waals surface area contributed by atoms with Gasteiger partial charge in [-0.05, 0) is 32.9 Å². The summed E-state index contributed by atoms with van der Waals surface area (Å²) in [4.78, 5) is 7.56. The van der Waals surface area contributed by atoms with Crippen molar-refractivity contribution in [3.05, 3.63) is 0 Å². The first-order chi connectivity index (χ1) is 9.19. The molecule has 0 aromatic carbocycles. The van der Waals surface area contributed by atoms with Crippen molar-refractivity contribution in [1.82, 2.24) is 14.7 Å². The molecule has 0 radical (unpaired) electrons. The highest BCUT2D eigenvalue weighted by Crippen LogP contribution is 2.16. The van der Waals surface area contributed by atoms with Gasteiger partial charge in [0.1, 0.15) is 0 Å². The lowest BCUT2D eigenvalue weighted by molar-refractivity contribution is 0.0544. The summed E-state index contributed by atoms with van der Waals surface area (Å²) < 4.78 is 0. The molecule has 2 heterocycles. The fourth-order valence-corrected chi connectivity index (χ4v) is 3.25. The van der Waals surface area contributed by atoms with Gasteiger partial charge in [0.15, 0.2) is 0 Å². The zero-order chi connectivity index (χ0) is 13.7. The molecule has 0 aliphatic carbocycles. The van der Waals surface area contributed by atoms with E-state index < -0.39 is 0 Å². The van der Waals surface area contributed by atoms with E-state index in [1.165, 1.54) is 45.4 Å². The van der Waals surface area contributed by atoms with Crippen molar-refractivity contribution in [3.63, 3.8) is 0 Å². The molecule has 0 saturated carbocycles. The number of piperidine rings is 1. The molecule has 4 heteroatoms. The monoisotopic (exact) mass is 269 g/mol. The Bertz CT molecular complexity index is 254. The number of β-amino-alcohol motifs (C(OH)–C–C–N with tert-alkyl or cyclic N) is 1. The first-order valence-corrected chi connectivity index (χ1v) is 8.02. The minimum Gasteiger partial charge on any atom is -0.392 e.